The molecule has 0 spiro atoms. The van der Waals surface area contributed by atoms with Crippen LogP contribution in [0.1, 0.15) is 50.9 Å². The molecule has 1 aromatic rings. The van der Waals surface area contributed by atoms with Crippen LogP contribution in [-0.4, -0.2) is 43.1 Å². The van der Waals surface area contributed by atoms with Gasteiger partial charge in [-0.25, -0.2) is 0 Å². The fraction of sp³-hybridized carbons (Fsp3) is 0.600. The van der Waals surface area contributed by atoms with Gasteiger partial charge < -0.3 is 20.7 Å². The molecule has 0 aliphatic carbocycles. The second kappa shape index (κ2) is 9.57. The zero-order valence-electron chi connectivity index (χ0n) is 16.2. The van der Waals surface area contributed by atoms with Crippen molar-refractivity contribution in [3.8, 4) is 5.75 Å². The van der Waals surface area contributed by atoms with Crippen molar-refractivity contribution in [1.82, 2.24) is 16.0 Å². The van der Waals surface area contributed by atoms with Crippen LogP contribution in [0.4, 0.5) is 0 Å². The van der Waals surface area contributed by atoms with Crippen molar-refractivity contribution in [2.24, 2.45) is 5.92 Å². The van der Waals surface area contributed by atoms with E-state index in [0.717, 1.165) is 25.1 Å². The van der Waals surface area contributed by atoms with Crippen LogP contribution in [-0.2, 0) is 4.79 Å². The lowest BCUT2D eigenvalue weighted by Gasteiger charge is -2.32. The van der Waals surface area contributed by atoms with Crippen molar-refractivity contribution < 1.29 is 14.3 Å². The van der Waals surface area contributed by atoms with Crippen molar-refractivity contribution in [2.45, 2.75) is 58.7 Å². The zero-order chi connectivity index (χ0) is 19.1. The Balaban J connectivity index is 1.99. The molecule has 1 saturated heterocycles. The Morgan fingerprint density at radius 2 is 1.96 bits per heavy atom. The maximum atomic E-state index is 12.7. The highest BCUT2D eigenvalue weighted by atomic mass is 16.5. The van der Waals surface area contributed by atoms with E-state index >= 15 is 0 Å². The van der Waals surface area contributed by atoms with Gasteiger partial charge in [0.15, 0.2) is 0 Å². The van der Waals surface area contributed by atoms with Crippen molar-refractivity contribution in [3.05, 3.63) is 29.8 Å². The summed E-state index contributed by atoms with van der Waals surface area (Å²) in [6.45, 7) is 9.42. The van der Waals surface area contributed by atoms with Gasteiger partial charge in [-0.1, -0.05) is 13.8 Å². The first-order valence-corrected chi connectivity index (χ1v) is 9.49. The van der Waals surface area contributed by atoms with Crippen LogP contribution >= 0.6 is 0 Å². The highest BCUT2D eigenvalue weighted by molar-refractivity contribution is 5.97. The fourth-order valence-electron chi connectivity index (χ4n) is 3.14. The molecule has 3 N–H and O–H groups in total. The molecule has 26 heavy (non-hydrogen) atoms. The molecule has 3 atom stereocenters. The molecule has 2 amide bonds. The summed E-state index contributed by atoms with van der Waals surface area (Å²) in [5, 5.41) is 9.35. The minimum atomic E-state index is -0.566. The molecular weight excluding hydrogens is 330 g/mol. The van der Waals surface area contributed by atoms with Gasteiger partial charge in [0.25, 0.3) is 5.91 Å². The smallest absolute Gasteiger partial charge is 0.251 e. The van der Waals surface area contributed by atoms with Gasteiger partial charge in [-0.15, -0.1) is 0 Å². The molecule has 1 aliphatic rings. The quantitative estimate of drug-likeness (QED) is 0.695. The number of piperidine rings is 1. The fourth-order valence-corrected chi connectivity index (χ4v) is 3.14. The molecule has 0 saturated carbocycles. The van der Waals surface area contributed by atoms with Gasteiger partial charge in [-0.3, -0.25) is 9.59 Å². The number of nitrogens with one attached hydrogen (secondary N) is 3. The molecule has 0 aromatic heterocycles. The third-order valence-electron chi connectivity index (χ3n) is 4.75. The van der Waals surface area contributed by atoms with Gasteiger partial charge >= 0.3 is 0 Å². The van der Waals surface area contributed by atoms with E-state index in [4.69, 9.17) is 4.74 Å². The number of hydrogen-bond donors (Lipinski definition) is 3. The molecule has 144 valence electrons. The van der Waals surface area contributed by atoms with E-state index in [1.54, 1.807) is 24.3 Å². The number of carbonyl (C=O) groups is 2. The Kier molecular flexibility index (Phi) is 7.45. The van der Waals surface area contributed by atoms with Crippen LogP contribution in [0.15, 0.2) is 24.3 Å². The van der Waals surface area contributed by atoms with Gasteiger partial charge in [0.05, 0.1) is 6.61 Å². The van der Waals surface area contributed by atoms with Gasteiger partial charge in [0, 0.05) is 17.6 Å². The molecule has 1 aromatic carbocycles. The molecule has 0 radical (unpaired) electrons. The third-order valence-corrected chi connectivity index (χ3v) is 4.75. The third kappa shape index (κ3) is 5.46. The van der Waals surface area contributed by atoms with Crippen molar-refractivity contribution >= 4 is 11.8 Å². The number of amides is 2. The number of rotatable bonds is 7. The summed E-state index contributed by atoms with van der Waals surface area (Å²) in [6.07, 6.45) is 2.00. The van der Waals surface area contributed by atoms with Crippen LogP contribution < -0.4 is 20.7 Å². The van der Waals surface area contributed by atoms with E-state index in [-0.39, 0.29) is 29.8 Å². The van der Waals surface area contributed by atoms with Crippen LogP contribution in [0.5, 0.6) is 5.75 Å². The summed E-state index contributed by atoms with van der Waals surface area (Å²) >= 11 is 0. The van der Waals surface area contributed by atoms with Crippen molar-refractivity contribution in [1.29, 1.82) is 0 Å². The minimum absolute atomic E-state index is 0.00601. The normalized spacial score (nSPS) is 21.1. The van der Waals surface area contributed by atoms with E-state index in [9.17, 15) is 9.59 Å². The number of carbonyl (C=O) groups excluding carboxylic acids is 2. The van der Waals surface area contributed by atoms with Crippen LogP contribution in [0.3, 0.4) is 0 Å². The molecular formula is C20H31N3O3. The zero-order valence-corrected chi connectivity index (χ0v) is 16.2. The maximum absolute atomic E-state index is 12.7. The molecule has 1 aliphatic heterocycles. The summed E-state index contributed by atoms with van der Waals surface area (Å²) in [5.41, 5.74) is 0.514. The molecule has 1 heterocycles. The molecule has 0 bridgehead atoms. The van der Waals surface area contributed by atoms with Crippen LogP contribution in [0.2, 0.25) is 0 Å². The van der Waals surface area contributed by atoms with Crippen LogP contribution in [0.25, 0.3) is 0 Å². The molecule has 6 heteroatoms. The second-order valence-electron chi connectivity index (χ2n) is 7.15. The summed E-state index contributed by atoms with van der Waals surface area (Å²) in [5.74, 6) is 0.339. The largest absolute Gasteiger partial charge is 0.494 e. The molecule has 1 fully saturated rings. The minimum Gasteiger partial charge on any atom is -0.494 e. The summed E-state index contributed by atoms with van der Waals surface area (Å²) < 4.78 is 5.39. The standard InChI is InChI=1S/C20H31N3O3/c1-5-26-16-10-8-15(9-11-16)19(24)23-18(13(2)3)20(25)22-17-7-6-12-21-14(17)4/h8-11,13-14,17-18,21H,5-7,12H2,1-4H3,(H,22,25)(H,23,24). The Morgan fingerprint density at radius 1 is 1.27 bits per heavy atom. The highest BCUT2D eigenvalue weighted by Crippen LogP contribution is 2.14. The maximum Gasteiger partial charge on any atom is 0.251 e. The monoisotopic (exact) mass is 361 g/mol. The average molecular weight is 361 g/mol. The van der Waals surface area contributed by atoms with Gasteiger partial charge in [-0.2, -0.15) is 0 Å². The van der Waals surface area contributed by atoms with Gasteiger partial charge in [0.1, 0.15) is 11.8 Å². The van der Waals surface area contributed by atoms with Gasteiger partial charge in [-0.05, 0) is 63.4 Å². The van der Waals surface area contributed by atoms with Crippen molar-refractivity contribution in [3.63, 3.8) is 0 Å². The average Bonchev–Trinajstić information content (AvgIpc) is 2.62. The molecule has 2 rings (SSSR count). The first-order valence-electron chi connectivity index (χ1n) is 9.49. The first-order chi connectivity index (χ1) is 12.4. The summed E-state index contributed by atoms with van der Waals surface area (Å²) in [4.78, 5) is 25.3. The Hall–Kier alpha value is -2.08. The van der Waals surface area contributed by atoms with E-state index < -0.39 is 6.04 Å². The Labute approximate surface area is 156 Å². The predicted octanol–water partition coefficient (Wildman–Crippen LogP) is 2.10. The van der Waals surface area contributed by atoms with Gasteiger partial charge in [0.2, 0.25) is 5.91 Å². The molecule has 3 unspecified atom stereocenters. The SMILES string of the molecule is CCOc1ccc(C(=O)NC(C(=O)NC2CCCNC2C)C(C)C)cc1. The lowest BCUT2D eigenvalue weighted by atomic mass is 9.97. The van der Waals surface area contributed by atoms with Crippen molar-refractivity contribution in [2.75, 3.05) is 13.2 Å². The van der Waals surface area contributed by atoms with E-state index in [2.05, 4.69) is 22.9 Å². The summed E-state index contributed by atoms with van der Waals surface area (Å²) in [6, 6.07) is 6.72. The number of ether oxygens (including phenoxy) is 1. The topological polar surface area (TPSA) is 79.5 Å². The first kappa shape index (κ1) is 20.2. The highest BCUT2D eigenvalue weighted by Gasteiger charge is 2.29. The second-order valence-corrected chi connectivity index (χ2v) is 7.15. The van der Waals surface area contributed by atoms with E-state index in [1.165, 1.54) is 0 Å². The lowest BCUT2D eigenvalue weighted by molar-refractivity contribution is -0.125. The Morgan fingerprint density at radius 3 is 2.54 bits per heavy atom. The van der Waals surface area contributed by atoms with E-state index in [1.807, 2.05) is 20.8 Å². The Bertz CT molecular complexity index is 601. The van der Waals surface area contributed by atoms with E-state index in [0.29, 0.717) is 12.2 Å². The van der Waals surface area contributed by atoms with Crippen LogP contribution in [0, 0.1) is 5.92 Å². The molecule has 6 nitrogen and oxygen atoms in total. The number of hydrogen-bond acceptors (Lipinski definition) is 4. The number of benzene rings is 1. The predicted molar refractivity (Wildman–Crippen MR) is 102 cm³/mol. The summed E-state index contributed by atoms with van der Waals surface area (Å²) in [7, 11) is 0. The lowest BCUT2D eigenvalue weighted by Crippen LogP contribution is -2.57.